The lowest BCUT2D eigenvalue weighted by Crippen LogP contribution is -2.33. The van der Waals surface area contributed by atoms with Gasteiger partial charge in [0, 0.05) is 26.6 Å². The van der Waals surface area contributed by atoms with Crippen molar-refractivity contribution in [3.8, 4) is 0 Å². The Bertz CT molecular complexity index is 172. The predicted octanol–water partition coefficient (Wildman–Crippen LogP) is 0.167. The molecule has 84 valence electrons. The molecule has 0 heterocycles. The molecule has 0 rings (SSSR count). The van der Waals surface area contributed by atoms with Gasteiger partial charge in [0.25, 0.3) is 0 Å². The fourth-order valence-electron chi connectivity index (χ4n) is 1.06. The molecule has 1 unspecified atom stereocenters. The third-order valence-corrected chi connectivity index (χ3v) is 2.42. The summed E-state index contributed by atoms with van der Waals surface area (Å²) in [6.07, 6.45) is 1.42. The first-order valence-corrected chi connectivity index (χ1v) is 5.00. The second kappa shape index (κ2) is 6.79. The Morgan fingerprint density at radius 2 is 1.93 bits per heavy atom. The maximum atomic E-state index is 11.2. The fraction of sp³-hybridized carbons (Fsp3) is 0.900. The highest BCUT2D eigenvalue weighted by Crippen LogP contribution is 1.99. The number of aliphatic hydroxyl groups is 1. The summed E-state index contributed by atoms with van der Waals surface area (Å²) < 4.78 is 0. The Morgan fingerprint density at radius 1 is 1.36 bits per heavy atom. The Morgan fingerprint density at radius 3 is 2.36 bits per heavy atom. The molecular weight excluding hydrogens is 180 g/mol. The molecular formula is C10H22N2O2. The number of rotatable bonds is 6. The average Bonchev–Trinajstić information content (AvgIpc) is 2.15. The molecule has 0 aromatic heterocycles. The first kappa shape index (κ1) is 13.4. The third-order valence-electron chi connectivity index (χ3n) is 2.42. The van der Waals surface area contributed by atoms with E-state index >= 15 is 0 Å². The van der Waals surface area contributed by atoms with E-state index in [0.717, 1.165) is 13.0 Å². The Kier molecular flexibility index (Phi) is 6.49. The highest BCUT2D eigenvalue weighted by atomic mass is 16.3. The number of likely N-dealkylation sites (N-methyl/N-ethyl adjacent to an activating group) is 1. The molecule has 4 heteroatoms. The zero-order valence-corrected chi connectivity index (χ0v) is 9.66. The minimum absolute atomic E-state index is 0.162. The molecule has 1 atom stereocenters. The summed E-state index contributed by atoms with van der Waals surface area (Å²) in [5, 5.41) is 8.89. The number of carbonyl (C=O) groups is 1. The van der Waals surface area contributed by atoms with Crippen LogP contribution in [-0.2, 0) is 4.79 Å². The van der Waals surface area contributed by atoms with E-state index in [-0.39, 0.29) is 18.6 Å². The highest BCUT2D eigenvalue weighted by molar-refractivity contribution is 5.75. The van der Waals surface area contributed by atoms with Gasteiger partial charge in [0.05, 0.1) is 6.61 Å². The molecule has 1 amide bonds. The summed E-state index contributed by atoms with van der Waals surface area (Å²) in [5.74, 6) is 0.162. The van der Waals surface area contributed by atoms with Gasteiger partial charge in [-0.15, -0.1) is 0 Å². The number of nitrogens with zero attached hydrogens (tertiary/aromatic N) is 2. The van der Waals surface area contributed by atoms with Crippen LogP contribution in [0.1, 0.15) is 19.8 Å². The molecule has 14 heavy (non-hydrogen) atoms. The second-order valence-corrected chi connectivity index (χ2v) is 3.90. The molecule has 0 saturated heterocycles. The minimum Gasteiger partial charge on any atom is -0.395 e. The van der Waals surface area contributed by atoms with Crippen LogP contribution in [-0.4, -0.2) is 61.2 Å². The lowest BCUT2D eigenvalue weighted by Gasteiger charge is -2.22. The average molecular weight is 202 g/mol. The van der Waals surface area contributed by atoms with Gasteiger partial charge < -0.3 is 14.9 Å². The molecule has 0 bridgehead atoms. The van der Waals surface area contributed by atoms with Crippen LogP contribution in [0.15, 0.2) is 0 Å². The number of aliphatic hydroxyl groups excluding tert-OH is 1. The molecule has 0 aliphatic carbocycles. The van der Waals surface area contributed by atoms with Crippen molar-refractivity contribution in [2.75, 3.05) is 34.3 Å². The van der Waals surface area contributed by atoms with Crippen LogP contribution in [0.2, 0.25) is 0 Å². The van der Waals surface area contributed by atoms with Crippen LogP contribution >= 0.6 is 0 Å². The first-order valence-electron chi connectivity index (χ1n) is 5.00. The van der Waals surface area contributed by atoms with Crippen molar-refractivity contribution in [1.82, 2.24) is 9.80 Å². The van der Waals surface area contributed by atoms with Crippen molar-refractivity contribution in [2.45, 2.75) is 25.8 Å². The summed E-state index contributed by atoms with van der Waals surface area (Å²) in [5.41, 5.74) is 0. The standard InChI is InChI=1S/C10H22N2O2/c1-9(8-13)12(4)7-5-6-10(14)11(2)3/h9,13H,5-8H2,1-4H3. The number of hydrogen-bond acceptors (Lipinski definition) is 3. The molecule has 1 N–H and O–H groups in total. The summed E-state index contributed by atoms with van der Waals surface area (Å²) in [7, 11) is 5.49. The fourth-order valence-corrected chi connectivity index (χ4v) is 1.06. The Labute approximate surface area is 86.5 Å². The van der Waals surface area contributed by atoms with E-state index in [1.165, 1.54) is 0 Å². The molecule has 4 nitrogen and oxygen atoms in total. The van der Waals surface area contributed by atoms with Crippen LogP contribution < -0.4 is 0 Å². The second-order valence-electron chi connectivity index (χ2n) is 3.90. The summed E-state index contributed by atoms with van der Waals surface area (Å²) in [6, 6.07) is 0.171. The molecule has 0 aromatic rings. The lowest BCUT2D eigenvalue weighted by atomic mass is 10.2. The summed E-state index contributed by atoms with van der Waals surface area (Å²) >= 11 is 0. The van der Waals surface area contributed by atoms with E-state index in [2.05, 4.69) is 4.90 Å². The highest BCUT2D eigenvalue weighted by Gasteiger charge is 2.08. The summed E-state index contributed by atoms with van der Waals surface area (Å²) in [4.78, 5) is 14.9. The van der Waals surface area contributed by atoms with Crippen LogP contribution in [0.25, 0.3) is 0 Å². The normalized spacial score (nSPS) is 13.0. The van der Waals surface area contributed by atoms with Crippen LogP contribution in [0, 0.1) is 0 Å². The molecule has 0 aromatic carbocycles. The number of carbonyl (C=O) groups excluding carboxylic acids is 1. The predicted molar refractivity (Wildman–Crippen MR) is 57.1 cm³/mol. The van der Waals surface area contributed by atoms with Crippen molar-refractivity contribution in [2.24, 2.45) is 0 Å². The van der Waals surface area contributed by atoms with Gasteiger partial charge in [-0.1, -0.05) is 0 Å². The molecule has 0 saturated carbocycles. The van der Waals surface area contributed by atoms with Gasteiger partial charge in [-0.2, -0.15) is 0 Å². The SMILES string of the molecule is CC(CO)N(C)CCCC(=O)N(C)C. The van der Waals surface area contributed by atoms with Gasteiger partial charge in [-0.25, -0.2) is 0 Å². The smallest absolute Gasteiger partial charge is 0.222 e. The minimum atomic E-state index is 0.162. The molecule has 0 radical (unpaired) electrons. The third kappa shape index (κ3) is 5.19. The van der Waals surface area contributed by atoms with E-state index in [1.807, 2.05) is 14.0 Å². The van der Waals surface area contributed by atoms with Gasteiger partial charge in [0.15, 0.2) is 0 Å². The van der Waals surface area contributed by atoms with Gasteiger partial charge >= 0.3 is 0 Å². The molecule has 0 spiro atoms. The van der Waals surface area contributed by atoms with Gasteiger partial charge in [0.1, 0.15) is 0 Å². The van der Waals surface area contributed by atoms with Crippen molar-refractivity contribution < 1.29 is 9.90 Å². The zero-order chi connectivity index (χ0) is 11.1. The Balaban J connectivity index is 3.59. The van der Waals surface area contributed by atoms with E-state index in [9.17, 15) is 4.79 Å². The van der Waals surface area contributed by atoms with E-state index in [0.29, 0.717) is 6.42 Å². The van der Waals surface area contributed by atoms with Gasteiger partial charge in [0.2, 0.25) is 5.91 Å². The maximum absolute atomic E-state index is 11.2. The van der Waals surface area contributed by atoms with Crippen molar-refractivity contribution >= 4 is 5.91 Å². The molecule has 0 fully saturated rings. The number of amides is 1. The van der Waals surface area contributed by atoms with Gasteiger partial charge in [-0.05, 0) is 26.9 Å². The van der Waals surface area contributed by atoms with Crippen LogP contribution in [0.5, 0.6) is 0 Å². The van der Waals surface area contributed by atoms with Crippen molar-refractivity contribution in [3.05, 3.63) is 0 Å². The maximum Gasteiger partial charge on any atom is 0.222 e. The van der Waals surface area contributed by atoms with Crippen LogP contribution in [0.4, 0.5) is 0 Å². The summed E-state index contributed by atoms with van der Waals surface area (Å²) in [6.45, 7) is 2.98. The Hall–Kier alpha value is -0.610. The van der Waals surface area contributed by atoms with Crippen molar-refractivity contribution in [3.63, 3.8) is 0 Å². The lowest BCUT2D eigenvalue weighted by molar-refractivity contribution is -0.128. The molecule has 0 aliphatic rings. The quantitative estimate of drug-likeness (QED) is 0.667. The van der Waals surface area contributed by atoms with Crippen molar-refractivity contribution in [1.29, 1.82) is 0 Å². The van der Waals surface area contributed by atoms with Crippen LogP contribution in [0.3, 0.4) is 0 Å². The topological polar surface area (TPSA) is 43.8 Å². The zero-order valence-electron chi connectivity index (χ0n) is 9.66. The number of hydrogen-bond donors (Lipinski definition) is 1. The van der Waals surface area contributed by atoms with E-state index in [1.54, 1.807) is 19.0 Å². The largest absolute Gasteiger partial charge is 0.395 e. The van der Waals surface area contributed by atoms with E-state index in [4.69, 9.17) is 5.11 Å². The first-order chi connectivity index (χ1) is 6.49. The monoisotopic (exact) mass is 202 g/mol. The van der Waals surface area contributed by atoms with Gasteiger partial charge in [-0.3, -0.25) is 4.79 Å². The van der Waals surface area contributed by atoms with E-state index < -0.39 is 0 Å². The molecule has 0 aliphatic heterocycles.